The molecule has 0 atom stereocenters. The summed E-state index contributed by atoms with van der Waals surface area (Å²) in [5.74, 6) is 0.535. The van der Waals surface area contributed by atoms with Crippen LogP contribution in [-0.4, -0.2) is 63.0 Å². The minimum atomic E-state index is 0.535. The van der Waals surface area contributed by atoms with Crippen molar-refractivity contribution in [1.82, 2.24) is 29.7 Å². The van der Waals surface area contributed by atoms with E-state index in [1.165, 1.54) is 11.1 Å². The van der Waals surface area contributed by atoms with Crippen LogP contribution in [0.2, 0.25) is 0 Å². The van der Waals surface area contributed by atoms with Gasteiger partial charge in [0.25, 0.3) is 0 Å². The number of hydrogen-bond donors (Lipinski definition) is 2. The van der Waals surface area contributed by atoms with E-state index < -0.39 is 0 Å². The fraction of sp³-hybridized carbons (Fsp3) is 0.257. The molecule has 8 heteroatoms. The first-order valence-corrected chi connectivity index (χ1v) is 14.8. The molecule has 0 amide bonds. The number of nitrogens with one attached hydrogen (secondary N) is 2. The summed E-state index contributed by atoms with van der Waals surface area (Å²) >= 11 is 0. The SMILES string of the molecule is Cc1ccc(-c2cncc(-c3ccnc(Nc4cc(NCc5ccc(CN6CCN(C)CC6)cc5)ccc4C)n3)c2)nc1. The summed E-state index contributed by atoms with van der Waals surface area (Å²) in [6.45, 7) is 10.4. The largest absolute Gasteiger partial charge is 0.381 e. The molecule has 0 spiro atoms. The monoisotopic (exact) mass is 570 g/mol. The second kappa shape index (κ2) is 13.1. The molecule has 1 aliphatic heterocycles. The van der Waals surface area contributed by atoms with Crippen molar-refractivity contribution in [2.24, 2.45) is 0 Å². The zero-order valence-electron chi connectivity index (χ0n) is 25.1. The van der Waals surface area contributed by atoms with Crippen LogP contribution in [-0.2, 0) is 13.1 Å². The molecule has 0 saturated carbocycles. The van der Waals surface area contributed by atoms with Crippen molar-refractivity contribution < 1.29 is 0 Å². The van der Waals surface area contributed by atoms with Gasteiger partial charge in [0.1, 0.15) is 0 Å². The van der Waals surface area contributed by atoms with Gasteiger partial charge in [0.05, 0.1) is 11.4 Å². The first-order valence-electron chi connectivity index (χ1n) is 14.8. The van der Waals surface area contributed by atoms with E-state index in [9.17, 15) is 0 Å². The van der Waals surface area contributed by atoms with E-state index in [-0.39, 0.29) is 0 Å². The Labute approximate surface area is 253 Å². The molecule has 0 unspecified atom stereocenters. The summed E-state index contributed by atoms with van der Waals surface area (Å²) in [5, 5.41) is 6.99. The van der Waals surface area contributed by atoms with E-state index in [0.29, 0.717) is 5.95 Å². The zero-order chi connectivity index (χ0) is 29.6. The molecule has 8 nitrogen and oxygen atoms in total. The van der Waals surface area contributed by atoms with Crippen LogP contribution in [0.1, 0.15) is 22.3 Å². The van der Waals surface area contributed by atoms with Gasteiger partial charge < -0.3 is 15.5 Å². The van der Waals surface area contributed by atoms with Gasteiger partial charge in [-0.25, -0.2) is 9.97 Å². The fourth-order valence-corrected chi connectivity index (χ4v) is 5.16. The average Bonchev–Trinajstić information content (AvgIpc) is 3.04. The van der Waals surface area contributed by atoms with E-state index in [1.54, 1.807) is 6.20 Å². The van der Waals surface area contributed by atoms with Crippen molar-refractivity contribution in [2.75, 3.05) is 43.9 Å². The highest BCUT2D eigenvalue weighted by Gasteiger charge is 2.14. The third-order valence-corrected chi connectivity index (χ3v) is 7.90. The molecule has 0 radical (unpaired) electrons. The van der Waals surface area contributed by atoms with Gasteiger partial charge in [0.15, 0.2) is 0 Å². The van der Waals surface area contributed by atoms with Crippen molar-refractivity contribution in [3.63, 3.8) is 0 Å². The minimum absolute atomic E-state index is 0.535. The number of piperazine rings is 1. The molecule has 43 heavy (non-hydrogen) atoms. The van der Waals surface area contributed by atoms with Crippen LogP contribution >= 0.6 is 0 Å². The van der Waals surface area contributed by atoms with Crippen molar-refractivity contribution in [1.29, 1.82) is 0 Å². The maximum atomic E-state index is 4.80. The number of rotatable bonds is 9. The van der Waals surface area contributed by atoms with Crippen molar-refractivity contribution in [3.05, 3.63) is 114 Å². The Bertz CT molecular complexity index is 1660. The summed E-state index contributed by atoms with van der Waals surface area (Å²) in [5.41, 5.74) is 10.4. The molecule has 4 heterocycles. The van der Waals surface area contributed by atoms with E-state index >= 15 is 0 Å². The molecule has 1 aliphatic rings. The lowest BCUT2D eigenvalue weighted by Crippen LogP contribution is -2.43. The molecular weight excluding hydrogens is 532 g/mol. The quantitative estimate of drug-likeness (QED) is 0.213. The van der Waals surface area contributed by atoms with Gasteiger partial charge in [0, 0.05) is 86.6 Å². The zero-order valence-corrected chi connectivity index (χ0v) is 25.1. The summed E-state index contributed by atoms with van der Waals surface area (Å²) in [7, 11) is 2.20. The molecule has 1 saturated heterocycles. The number of aryl methyl sites for hydroxylation is 2. The van der Waals surface area contributed by atoms with E-state index in [2.05, 4.69) is 104 Å². The second-order valence-electron chi connectivity index (χ2n) is 11.4. The van der Waals surface area contributed by atoms with Crippen molar-refractivity contribution in [2.45, 2.75) is 26.9 Å². The predicted molar refractivity (Wildman–Crippen MR) is 174 cm³/mol. The minimum Gasteiger partial charge on any atom is -0.381 e. The second-order valence-corrected chi connectivity index (χ2v) is 11.4. The smallest absolute Gasteiger partial charge is 0.227 e. The number of aromatic nitrogens is 4. The van der Waals surface area contributed by atoms with E-state index in [4.69, 9.17) is 4.98 Å². The first-order chi connectivity index (χ1) is 21.0. The van der Waals surface area contributed by atoms with Crippen LogP contribution in [0.25, 0.3) is 22.5 Å². The molecule has 2 aromatic carbocycles. The van der Waals surface area contributed by atoms with Crippen molar-refractivity contribution >= 4 is 17.3 Å². The van der Waals surface area contributed by atoms with Gasteiger partial charge >= 0.3 is 0 Å². The molecule has 218 valence electrons. The van der Waals surface area contributed by atoms with Gasteiger partial charge in [-0.05, 0) is 73.5 Å². The van der Waals surface area contributed by atoms with Crippen LogP contribution in [0.5, 0.6) is 0 Å². The number of anilines is 3. The topological polar surface area (TPSA) is 82.1 Å². The van der Waals surface area contributed by atoms with Crippen molar-refractivity contribution in [3.8, 4) is 22.5 Å². The average molecular weight is 571 g/mol. The van der Waals surface area contributed by atoms with Crippen LogP contribution in [0.4, 0.5) is 17.3 Å². The van der Waals surface area contributed by atoms with Gasteiger partial charge in [-0.2, -0.15) is 0 Å². The molecule has 0 aliphatic carbocycles. The van der Waals surface area contributed by atoms with Crippen LogP contribution in [0, 0.1) is 13.8 Å². The van der Waals surface area contributed by atoms with E-state index in [0.717, 1.165) is 84.3 Å². The summed E-state index contributed by atoms with van der Waals surface area (Å²) in [6, 6.07) is 23.3. The van der Waals surface area contributed by atoms with Gasteiger partial charge in [-0.3, -0.25) is 14.9 Å². The van der Waals surface area contributed by atoms with Gasteiger partial charge in [-0.1, -0.05) is 36.4 Å². The maximum Gasteiger partial charge on any atom is 0.227 e. The highest BCUT2D eigenvalue weighted by Crippen LogP contribution is 2.26. The van der Waals surface area contributed by atoms with Gasteiger partial charge in [-0.15, -0.1) is 0 Å². The van der Waals surface area contributed by atoms with Crippen LogP contribution < -0.4 is 10.6 Å². The Morgan fingerprint density at radius 1 is 0.744 bits per heavy atom. The van der Waals surface area contributed by atoms with Gasteiger partial charge in [0.2, 0.25) is 5.95 Å². The normalized spacial score (nSPS) is 14.0. The summed E-state index contributed by atoms with van der Waals surface area (Å²) in [6.07, 6.45) is 7.28. The fourth-order valence-electron chi connectivity index (χ4n) is 5.16. The number of hydrogen-bond acceptors (Lipinski definition) is 8. The number of benzene rings is 2. The Hall–Kier alpha value is -4.66. The third-order valence-electron chi connectivity index (χ3n) is 7.90. The number of likely N-dealkylation sites (N-methyl/N-ethyl adjacent to an activating group) is 1. The molecule has 2 N–H and O–H groups in total. The third kappa shape index (κ3) is 7.41. The Kier molecular flexibility index (Phi) is 8.67. The molecule has 0 bridgehead atoms. The predicted octanol–water partition coefficient (Wildman–Crippen LogP) is 6.32. The van der Waals surface area contributed by atoms with E-state index in [1.807, 2.05) is 37.6 Å². The molecule has 5 aromatic rings. The summed E-state index contributed by atoms with van der Waals surface area (Å²) in [4.78, 5) is 23.2. The molecule has 6 rings (SSSR count). The Morgan fingerprint density at radius 3 is 2.28 bits per heavy atom. The number of nitrogens with zero attached hydrogens (tertiary/aromatic N) is 6. The lowest BCUT2D eigenvalue weighted by molar-refractivity contribution is 0.148. The number of pyridine rings is 2. The lowest BCUT2D eigenvalue weighted by Gasteiger charge is -2.32. The van der Waals surface area contributed by atoms with Crippen LogP contribution in [0.3, 0.4) is 0 Å². The standard InChI is InChI=1S/C35H38N8/c1-25-4-11-32(39-20-25)29-18-30(23-36-22-29)33-12-13-37-35(40-33)41-34-19-31(10-5-26(34)2)38-21-27-6-8-28(9-7-27)24-43-16-14-42(3)15-17-43/h4-13,18-20,22-23,38H,14-17,21,24H2,1-3H3,(H,37,40,41). The lowest BCUT2D eigenvalue weighted by atomic mass is 10.1. The first kappa shape index (κ1) is 28.5. The Morgan fingerprint density at radius 2 is 1.51 bits per heavy atom. The Balaban J connectivity index is 1.10. The summed E-state index contributed by atoms with van der Waals surface area (Å²) < 4.78 is 0. The highest BCUT2D eigenvalue weighted by atomic mass is 15.2. The molecule has 1 fully saturated rings. The molecule has 3 aromatic heterocycles. The maximum absolute atomic E-state index is 4.80. The highest BCUT2D eigenvalue weighted by molar-refractivity contribution is 5.70. The molecular formula is C35H38N8. The van der Waals surface area contributed by atoms with Crippen LogP contribution in [0.15, 0.2) is 91.5 Å².